The summed E-state index contributed by atoms with van der Waals surface area (Å²) in [7, 11) is -3.48. The van der Waals surface area contributed by atoms with Crippen molar-refractivity contribution >= 4 is 27.5 Å². The number of benzene rings is 2. The quantitative estimate of drug-likeness (QED) is 0.494. The lowest BCUT2D eigenvalue weighted by Crippen LogP contribution is -2.49. The number of amides is 2. The third kappa shape index (κ3) is 5.65. The number of sulfonamides is 1. The van der Waals surface area contributed by atoms with Gasteiger partial charge < -0.3 is 4.90 Å². The first kappa shape index (κ1) is 27.5. The van der Waals surface area contributed by atoms with Gasteiger partial charge in [-0.3, -0.25) is 9.59 Å². The SMILES string of the molecule is CC1=C(CCN2CCN(S(=O)(=O)Cc3ccccc3)CC2)C(=O)N(c2ccc(C#N)c(C(F)(F)F)c2)C1=O. The van der Waals surface area contributed by atoms with E-state index in [2.05, 4.69) is 0 Å². The topological polar surface area (TPSA) is 102 Å². The average Bonchev–Trinajstić information content (AvgIpc) is 3.09. The molecule has 0 radical (unpaired) electrons. The number of carbonyl (C=O) groups is 2. The van der Waals surface area contributed by atoms with Gasteiger partial charge in [0.15, 0.2) is 0 Å². The lowest BCUT2D eigenvalue weighted by molar-refractivity contribution is -0.138. The smallest absolute Gasteiger partial charge is 0.300 e. The van der Waals surface area contributed by atoms with Crippen LogP contribution in [0.15, 0.2) is 59.7 Å². The number of nitriles is 1. The van der Waals surface area contributed by atoms with E-state index >= 15 is 0 Å². The van der Waals surface area contributed by atoms with Crippen LogP contribution in [-0.4, -0.2) is 62.2 Å². The number of piperazine rings is 1. The number of nitrogens with zero attached hydrogens (tertiary/aromatic N) is 4. The van der Waals surface area contributed by atoms with Crippen molar-refractivity contribution < 1.29 is 31.2 Å². The zero-order valence-corrected chi connectivity index (χ0v) is 21.3. The van der Waals surface area contributed by atoms with Crippen molar-refractivity contribution in [2.24, 2.45) is 0 Å². The Morgan fingerprint density at radius 3 is 2.24 bits per heavy atom. The van der Waals surface area contributed by atoms with Gasteiger partial charge in [-0.15, -0.1) is 0 Å². The molecule has 12 heteroatoms. The van der Waals surface area contributed by atoms with Crippen LogP contribution >= 0.6 is 0 Å². The Labute approximate surface area is 218 Å². The predicted molar refractivity (Wildman–Crippen MR) is 133 cm³/mol. The molecule has 2 aliphatic rings. The van der Waals surface area contributed by atoms with E-state index in [1.807, 2.05) is 11.0 Å². The van der Waals surface area contributed by atoms with Crippen LogP contribution in [0, 0.1) is 11.3 Å². The molecule has 8 nitrogen and oxygen atoms in total. The normalized spacial score (nSPS) is 17.8. The van der Waals surface area contributed by atoms with Crippen molar-refractivity contribution in [3.8, 4) is 6.07 Å². The van der Waals surface area contributed by atoms with Crippen LogP contribution in [0.2, 0.25) is 0 Å². The van der Waals surface area contributed by atoms with Gasteiger partial charge in [0.25, 0.3) is 11.8 Å². The van der Waals surface area contributed by atoms with E-state index in [0.29, 0.717) is 36.2 Å². The minimum Gasteiger partial charge on any atom is -0.300 e. The highest BCUT2D eigenvalue weighted by Crippen LogP contribution is 2.36. The number of alkyl halides is 3. The molecule has 2 aromatic carbocycles. The highest BCUT2D eigenvalue weighted by Gasteiger charge is 2.40. The highest BCUT2D eigenvalue weighted by atomic mass is 32.2. The number of hydrogen-bond donors (Lipinski definition) is 0. The average molecular weight is 547 g/mol. The summed E-state index contributed by atoms with van der Waals surface area (Å²) in [5.74, 6) is -1.49. The molecule has 1 saturated heterocycles. The lowest BCUT2D eigenvalue weighted by Gasteiger charge is -2.34. The van der Waals surface area contributed by atoms with Gasteiger partial charge in [0.05, 0.1) is 28.6 Å². The number of rotatable bonds is 7. The maximum absolute atomic E-state index is 13.4. The summed E-state index contributed by atoms with van der Waals surface area (Å²) >= 11 is 0. The van der Waals surface area contributed by atoms with Crippen LogP contribution in [-0.2, 0) is 31.5 Å². The fourth-order valence-electron chi connectivity index (χ4n) is 4.59. The van der Waals surface area contributed by atoms with E-state index in [4.69, 9.17) is 5.26 Å². The minimum atomic E-state index is -4.82. The van der Waals surface area contributed by atoms with Crippen LogP contribution in [0.5, 0.6) is 0 Å². The van der Waals surface area contributed by atoms with E-state index in [9.17, 15) is 31.2 Å². The van der Waals surface area contributed by atoms with E-state index in [1.54, 1.807) is 24.3 Å². The molecule has 4 rings (SSSR count). The Hall–Kier alpha value is -3.53. The standard InChI is InChI=1S/C26H25F3N4O4S/c1-18-22(25(35)33(24(18)34)21-8-7-20(16-30)23(15-21)26(27,28)29)9-10-31-11-13-32(14-12-31)38(36,37)17-19-5-3-2-4-6-19/h2-8,15H,9-14,17H2,1H3. The molecule has 0 unspecified atom stereocenters. The summed E-state index contributed by atoms with van der Waals surface area (Å²) < 4.78 is 67.2. The molecule has 0 aromatic heterocycles. The molecule has 0 spiro atoms. The van der Waals surface area contributed by atoms with Gasteiger partial charge in [-0.1, -0.05) is 30.3 Å². The molecule has 2 aromatic rings. The van der Waals surface area contributed by atoms with Gasteiger partial charge in [0, 0.05) is 43.9 Å². The van der Waals surface area contributed by atoms with Gasteiger partial charge >= 0.3 is 6.18 Å². The summed E-state index contributed by atoms with van der Waals surface area (Å²) in [6.45, 7) is 3.30. The van der Waals surface area contributed by atoms with Crippen molar-refractivity contribution in [1.29, 1.82) is 5.26 Å². The molecule has 38 heavy (non-hydrogen) atoms. The second-order valence-electron chi connectivity index (χ2n) is 9.12. The monoisotopic (exact) mass is 546 g/mol. The van der Waals surface area contributed by atoms with Gasteiger partial charge in [0.2, 0.25) is 10.0 Å². The number of imide groups is 1. The Morgan fingerprint density at radius 2 is 1.63 bits per heavy atom. The first-order chi connectivity index (χ1) is 17.9. The number of halogens is 3. The molecule has 0 bridgehead atoms. The predicted octanol–water partition coefficient (Wildman–Crippen LogP) is 3.30. The first-order valence-corrected chi connectivity index (χ1v) is 13.5. The van der Waals surface area contributed by atoms with Gasteiger partial charge in [-0.2, -0.15) is 22.7 Å². The van der Waals surface area contributed by atoms with Crippen molar-refractivity contribution in [2.75, 3.05) is 37.6 Å². The van der Waals surface area contributed by atoms with Gasteiger partial charge in [-0.05, 0) is 37.1 Å². The largest absolute Gasteiger partial charge is 0.417 e. The molecule has 0 aliphatic carbocycles. The molecule has 2 amide bonds. The molecule has 2 heterocycles. The van der Waals surface area contributed by atoms with Gasteiger partial charge in [-0.25, -0.2) is 13.3 Å². The van der Waals surface area contributed by atoms with E-state index in [0.717, 1.165) is 12.1 Å². The van der Waals surface area contributed by atoms with Crippen LogP contribution in [0.25, 0.3) is 0 Å². The van der Waals surface area contributed by atoms with Crippen molar-refractivity contribution in [3.63, 3.8) is 0 Å². The summed E-state index contributed by atoms with van der Waals surface area (Å²) in [4.78, 5) is 28.6. The van der Waals surface area contributed by atoms with E-state index < -0.39 is 39.1 Å². The Morgan fingerprint density at radius 1 is 0.974 bits per heavy atom. The molecule has 2 aliphatic heterocycles. The maximum atomic E-state index is 13.4. The van der Waals surface area contributed by atoms with Crippen LogP contribution in [0.4, 0.5) is 18.9 Å². The number of carbonyl (C=O) groups excluding carboxylic acids is 2. The summed E-state index contributed by atoms with van der Waals surface area (Å²) in [6, 6.07) is 13.1. The Kier molecular flexibility index (Phi) is 7.73. The fraction of sp³-hybridized carbons (Fsp3) is 0.346. The van der Waals surface area contributed by atoms with Crippen molar-refractivity contribution in [1.82, 2.24) is 9.21 Å². The van der Waals surface area contributed by atoms with Crippen molar-refractivity contribution in [3.05, 3.63) is 76.4 Å². The first-order valence-electron chi connectivity index (χ1n) is 11.9. The zero-order chi connectivity index (χ0) is 27.7. The third-order valence-corrected chi connectivity index (χ3v) is 8.57. The summed E-state index contributed by atoms with van der Waals surface area (Å²) in [5, 5.41) is 9.00. The Bertz CT molecular complexity index is 1420. The zero-order valence-electron chi connectivity index (χ0n) is 20.5. The molecule has 0 N–H and O–H groups in total. The summed E-state index contributed by atoms with van der Waals surface area (Å²) in [6.07, 6.45) is -4.64. The Balaban J connectivity index is 1.38. The molecule has 0 atom stereocenters. The number of hydrogen-bond acceptors (Lipinski definition) is 6. The molecular weight excluding hydrogens is 521 g/mol. The third-order valence-electron chi connectivity index (χ3n) is 6.72. The van der Waals surface area contributed by atoms with Crippen LogP contribution in [0.3, 0.4) is 0 Å². The van der Waals surface area contributed by atoms with Crippen molar-refractivity contribution in [2.45, 2.75) is 25.3 Å². The maximum Gasteiger partial charge on any atom is 0.417 e. The minimum absolute atomic E-state index is 0.0855. The number of anilines is 1. The second kappa shape index (κ2) is 10.7. The van der Waals surface area contributed by atoms with Crippen LogP contribution < -0.4 is 4.90 Å². The highest BCUT2D eigenvalue weighted by molar-refractivity contribution is 7.88. The second-order valence-corrected chi connectivity index (χ2v) is 11.1. The van der Waals surface area contributed by atoms with E-state index in [1.165, 1.54) is 17.3 Å². The van der Waals surface area contributed by atoms with Crippen LogP contribution in [0.1, 0.15) is 30.0 Å². The fourth-order valence-corrected chi connectivity index (χ4v) is 6.11. The lowest BCUT2D eigenvalue weighted by atomic mass is 10.1. The van der Waals surface area contributed by atoms with Gasteiger partial charge in [0.1, 0.15) is 0 Å². The summed E-state index contributed by atoms with van der Waals surface area (Å²) in [5.41, 5.74) is -1.02. The van der Waals surface area contributed by atoms with E-state index in [-0.39, 0.29) is 42.1 Å². The molecular formula is C26H25F3N4O4S. The molecule has 200 valence electrons. The molecule has 0 saturated carbocycles. The molecule has 1 fully saturated rings.